The van der Waals surface area contributed by atoms with E-state index in [1.165, 1.54) is 0 Å². The first kappa shape index (κ1) is 3.83. The molecule has 0 saturated heterocycles. The molecule has 0 radical (unpaired) electrons. The third-order valence-electron chi connectivity index (χ3n) is 0. The van der Waals surface area contributed by atoms with E-state index in [2.05, 4.69) is 6.92 Å². The summed E-state index contributed by atoms with van der Waals surface area (Å²) in [6.45, 7) is 5.25. The summed E-state index contributed by atoms with van der Waals surface area (Å²) >= 11 is 0. The van der Waals surface area contributed by atoms with Crippen molar-refractivity contribution in [1.82, 2.24) is 0 Å². The molecule has 0 aliphatic carbocycles. The molecule has 4 heavy (non-hydrogen) atoms. The lowest BCUT2D eigenvalue weighted by Gasteiger charge is -1.71. The van der Waals surface area contributed by atoms with Crippen LogP contribution in [0.25, 0.3) is 0 Å². The van der Waals surface area contributed by atoms with Gasteiger partial charge in [0.1, 0.15) is 6.04 Å². The van der Waals surface area contributed by atoms with Gasteiger partial charge in [-0.3, -0.25) is 5.73 Å². The molecule has 1 heteroatoms. The Bertz CT molecular complexity index is 8.00. The molecular weight excluding hydrogens is 50.0 g/mol. The first-order chi connectivity index (χ1) is 1.73. The normalized spacial score (nSPS) is 15.5. The second kappa shape index (κ2) is 1.18. The number of nitrogens with two attached hydrogens (primary N) is 1. The fraction of sp³-hybridized carbons (Fsp3) is 0.667. The van der Waals surface area contributed by atoms with Crippen LogP contribution in [0.5, 0.6) is 0 Å². The SMILES string of the molecule is [CH2+][C@@H](C)N. The number of hydrogen-bond donors (Lipinski definition) is 1. The van der Waals surface area contributed by atoms with Crippen molar-refractivity contribution in [3.8, 4) is 0 Å². The average Bonchev–Trinajstić information content (AvgIpc) is 0.811. The van der Waals surface area contributed by atoms with Gasteiger partial charge in [0.05, 0.1) is 6.92 Å². The molecule has 0 aromatic heterocycles. The van der Waals surface area contributed by atoms with Crippen LogP contribution in [-0.4, -0.2) is 6.04 Å². The molecule has 0 aromatic carbocycles. The number of rotatable bonds is 0. The van der Waals surface area contributed by atoms with Gasteiger partial charge >= 0.3 is 0 Å². The highest BCUT2D eigenvalue weighted by atomic mass is 14.6. The van der Waals surface area contributed by atoms with Crippen LogP contribution >= 0.6 is 0 Å². The second-order valence-corrected chi connectivity index (χ2v) is 0.977. The van der Waals surface area contributed by atoms with Crippen molar-refractivity contribution in [2.24, 2.45) is 5.73 Å². The molecule has 1 nitrogen and oxygen atoms in total. The van der Waals surface area contributed by atoms with Crippen molar-refractivity contribution in [2.45, 2.75) is 13.0 Å². The van der Waals surface area contributed by atoms with Gasteiger partial charge in [-0.15, -0.1) is 0 Å². The summed E-state index contributed by atoms with van der Waals surface area (Å²) in [4.78, 5) is 0. The van der Waals surface area contributed by atoms with E-state index in [-0.39, 0.29) is 6.04 Å². The zero-order chi connectivity index (χ0) is 3.58. The van der Waals surface area contributed by atoms with Gasteiger partial charge in [-0.05, 0) is 6.92 Å². The van der Waals surface area contributed by atoms with E-state index in [4.69, 9.17) is 5.73 Å². The maximum Gasteiger partial charge on any atom is 0.141 e. The molecule has 0 aliphatic rings. The lowest BCUT2D eigenvalue weighted by Crippen LogP contribution is -2.07. The summed E-state index contributed by atoms with van der Waals surface area (Å²) in [7, 11) is 0. The van der Waals surface area contributed by atoms with Crippen molar-refractivity contribution in [3.63, 3.8) is 0 Å². The monoisotopic (exact) mass is 58.1 g/mol. The van der Waals surface area contributed by atoms with Gasteiger partial charge < -0.3 is 0 Å². The predicted molar refractivity (Wildman–Crippen MR) is 19.0 cm³/mol. The zero-order valence-electron chi connectivity index (χ0n) is 2.86. The van der Waals surface area contributed by atoms with Gasteiger partial charge in [0.15, 0.2) is 0 Å². The first-order valence-corrected chi connectivity index (χ1v) is 1.32. The third kappa shape index (κ3) is 43.6. The van der Waals surface area contributed by atoms with E-state index >= 15 is 0 Å². The maximum atomic E-state index is 5.00. The van der Waals surface area contributed by atoms with Crippen molar-refractivity contribution < 1.29 is 0 Å². The molecular formula is C3H8N+. The fourth-order valence-corrected chi connectivity index (χ4v) is 0. The minimum atomic E-state index is 0.0833. The highest BCUT2D eigenvalue weighted by Crippen LogP contribution is 1.56. The summed E-state index contributed by atoms with van der Waals surface area (Å²) in [5, 5.41) is 0. The largest absolute Gasteiger partial charge is 0.291 e. The molecule has 0 fully saturated rings. The lowest BCUT2D eigenvalue weighted by atomic mass is 10.5. The minimum Gasteiger partial charge on any atom is -0.291 e. The smallest absolute Gasteiger partial charge is 0.141 e. The van der Waals surface area contributed by atoms with Crippen LogP contribution in [0, 0.1) is 6.92 Å². The van der Waals surface area contributed by atoms with Gasteiger partial charge in [0.2, 0.25) is 0 Å². The molecule has 0 aromatic rings. The van der Waals surface area contributed by atoms with Crippen LogP contribution < -0.4 is 5.73 Å². The lowest BCUT2D eigenvalue weighted by molar-refractivity contribution is 0.923. The van der Waals surface area contributed by atoms with E-state index in [1.54, 1.807) is 0 Å². The van der Waals surface area contributed by atoms with Crippen molar-refractivity contribution in [2.75, 3.05) is 0 Å². The second-order valence-electron chi connectivity index (χ2n) is 0.977. The Balaban J connectivity index is 2.32. The summed E-state index contributed by atoms with van der Waals surface area (Å²) in [6, 6.07) is 0.0833. The predicted octanol–water partition coefficient (Wildman–Crippen LogP) is 0.168. The molecule has 0 rings (SSSR count). The van der Waals surface area contributed by atoms with Crippen LogP contribution in [0.1, 0.15) is 6.92 Å². The number of hydrogen-bond acceptors (Lipinski definition) is 1. The van der Waals surface area contributed by atoms with Crippen LogP contribution in [-0.2, 0) is 0 Å². The van der Waals surface area contributed by atoms with Gasteiger partial charge in [-0.2, -0.15) is 0 Å². The summed E-state index contributed by atoms with van der Waals surface area (Å²) in [5.74, 6) is 0. The topological polar surface area (TPSA) is 26.0 Å². The molecule has 0 spiro atoms. The van der Waals surface area contributed by atoms with Crippen LogP contribution in [0.3, 0.4) is 0 Å². The van der Waals surface area contributed by atoms with E-state index < -0.39 is 0 Å². The Morgan fingerprint density at radius 3 is 2.00 bits per heavy atom. The zero-order valence-corrected chi connectivity index (χ0v) is 2.86. The van der Waals surface area contributed by atoms with E-state index in [0.717, 1.165) is 0 Å². The maximum absolute atomic E-state index is 5.00. The molecule has 0 aliphatic heterocycles. The average molecular weight is 58.1 g/mol. The Morgan fingerprint density at radius 1 is 2.00 bits per heavy atom. The van der Waals surface area contributed by atoms with Gasteiger partial charge in [-0.25, -0.2) is 0 Å². The van der Waals surface area contributed by atoms with Crippen LogP contribution in [0.15, 0.2) is 0 Å². The third-order valence-corrected chi connectivity index (χ3v) is 0. The highest BCUT2D eigenvalue weighted by molar-refractivity contribution is 4.49. The minimum absolute atomic E-state index is 0.0833. The molecule has 0 unspecified atom stereocenters. The molecule has 0 heterocycles. The van der Waals surface area contributed by atoms with E-state index in [9.17, 15) is 0 Å². The summed E-state index contributed by atoms with van der Waals surface area (Å²) < 4.78 is 0. The molecule has 0 bridgehead atoms. The Morgan fingerprint density at radius 2 is 2.00 bits per heavy atom. The fourth-order valence-electron chi connectivity index (χ4n) is 0. The molecule has 0 saturated carbocycles. The van der Waals surface area contributed by atoms with Crippen molar-refractivity contribution in [1.29, 1.82) is 0 Å². The Labute approximate surface area is 26.8 Å². The Kier molecular flexibility index (Phi) is 1.13. The summed E-state index contributed by atoms with van der Waals surface area (Å²) in [6.07, 6.45) is 0. The van der Waals surface area contributed by atoms with Gasteiger partial charge in [0.25, 0.3) is 0 Å². The van der Waals surface area contributed by atoms with Crippen LogP contribution in [0.2, 0.25) is 0 Å². The molecule has 2 N–H and O–H groups in total. The molecule has 1 atom stereocenters. The van der Waals surface area contributed by atoms with Crippen molar-refractivity contribution >= 4 is 0 Å². The van der Waals surface area contributed by atoms with E-state index in [0.29, 0.717) is 0 Å². The summed E-state index contributed by atoms with van der Waals surface area (Å²) in [5.41, 5.74) is 5.00. The van der Waals surface area contributed by atoms with E-state index in [1.807, 2.05) is 6.92 Å². The molecule has 0 amide bonds. The molecule has 24 valence electrons. The standard InChI is InChI=1S/C3H8N/c1-3(2)4/h3H,1,4H2,2H3/q+1/t3-/m0/s1. The quantitative estimate of drug-likeness (QED) is 0.395. The first-order valence-electron chi connectivity index (χ1n) is 1.32. The van der Waals surface area contributed by atoms with Gasteiger partial charge in [-0.1, -0.05) is 0 Å². The van der Waals surface area contributed by atoms with Crippen LogP contribution in [0.4, 0.5) is 0 Å². The highest BCUT2D eigenvalue weighted by Gasteiger charge is 1.78. The van der Waals surface area contributed by atoms with Crippen molar-refractivity contribution in [3.05, 3.63) is 6.92 Å². The van der Waals surface area contributed by atoms with Gasteiger partial charge in [0, 0.05) is 0 Å². The Hall–Kier alpha value is -0.170.